The Balaban J connectivity index is 1.63. The monoisotopic (exact) mass is 567 g/mol. The second-order valence-corrected chi connectivity index (χ2v) is 10.7. The Labute approximate surface area is 203 Å². The summed E-state index contributed by atoms with van der Waals surface area (Å²) in [4.78, 5) is 17.8. The number of carbonyl (C=O) groups excluding carboxylic acids is 1. The van der Waals surface area contributed by atoms with Crippen molar-refractivity contribution in [3.8, 4) is 0 Å². The number of nitrogens with one attached hydrogen (secondary N) is 1. The SMILES string of the molecule is N[C@@H]1[C@@H](OC(=O)C(F)(F)F)CCC[C@H]1c1sc2c(NCc3cccs3)cc(Cl)nc2c1Br. The van der Waals surface area contributed by atoms with Gasteiger partial charge < -0.3 is 15.8 Å². The fourth-order valence-corrected chi connectivity index (χ4v) is 6.93. The number of halogens is 5. The van der Waals surface area contributed by atoms with Crippen LogP contribution in [-0.2, 0) is 16.1 Å². The van der Waals surface area contributed by atoms with Crippen molar-refractivity contribution in [1.29, 1.82) is 0 Å². The lowest BCUT2D eigenvalue weighted by Crippen LogP contribution is -2.47. The van der Waals surface area contributed by atoms with Gasteiger partial charge in [-0.2, -0.15) is 13.2 Å². The number of ether oxygens (including phenoxy) is 1. The van der Waals surface area contributed by atoms with E-state index >= 15 is 0 Å². The lowest BCUT2D eigenvalue weighted by atomic mass is 9.82. The predicted molar refractivity (Wildman–Crippen MR) is 124 cm³/mol. The summed E-state index contributed by atoms with van der Waals surface area (Å²) in [6.07, 6.45) is -4.51. The Morgan fingerprint density at radius 1 is 1.41 bits per heavy atom. The number of nitrogens with zero attached hydrogens (tertiary/aromatic N) is 1. The number of thiophene rings is 2. The highest BCUT2D eigenvalue weighted by molar-refractivity contribution is 9.10. The van der Waals surface area contributed by atoms with Crippen molar-refractivity contribution in [2.45, 2.75) is 50.0 Å². The quantitative estimate of drug-likeness (QED) is 0.273. The molecule has 0 unspecified atom stereocenters. The Morgan fingerprint density at radius 2 is 2.19 bits per heavy atom. The van der Waals surface area contributed by atoms with Crippen molar-refractivity contribution in [2.75, 3.05) is 5.32 Å². The molecule has 5 nitrogen and oxygen atoms in total. The zero-order valence-corrected chi connectivity index (χ0v) is 20.4. The van der Waals surface area contributed by atoms with Gasteiger partial charge in [-0.1, -0.05) is 17.7 Å². The molecule has 32 heavy (non-hydrogen) atoms. The third-order valence-electron chi connectivity index (χ3n) is 5.34. The van der Waals surface area contributed by atoms with Crippen LogP contribution in [0, 0.1) is 0 Å². The number of aromatic nitrogens is 1. The number of nitrogens with two attached hydrogens (primary N) is 1. The lowest BCUT2D eigenvalue weighted by molar-refractivity contribution is -0.207. The number of carbonyl (C=O) groups is 1. The fourth-order valence-electron chi connectivity index (χ4n) is 3.82. The van der Waals surface area contributed by atoms with E-state index in [1.807, 2.05) is 17.5 Å². The minimum absolute atomic E-state index is 0.285. The smallest absolute Gasteiger partial charge is 0.454 e. The highest BCUT2D eigenvalue weighted by atomic mass is 79.9. The largest absolute Gasteiger partial charge is 0.490 e. The second-order valence-electron chi connectivity index (χ2n) is 7.44. The summed E-state index contributed by atoms with van der Waals surface area (Å²) in [5, 5.41) is 5.71. The van der Waals surface area contributed by atoms with Crippen LogP contribution < -0.4 is 11.1 Å². The van der Waals surface area contributed by atoms with Crippen LogP contribution in [0.1, 0.15) is 34.9 Å². The van der Waals surface area contributed by atoms with Gasteiger partial charge in [-0.15, -0.1) is 22.7 Å². The molecule has 0 aliphatic heterocycles. The molecule has 1 fully saturated rings. The number of rotatable bonds is 5. The van der Waals surface area contributed by atoms with Gasteiger partial charge in [-0.05, 0) is 46.6 Å². The Bertz CT molecular complexity index is 1120. The molecule has 3 N–H and O–H groups in total. The Kier molecular flexibility index (Phi) is 7.02. The van der Waals surface area contributed by atoms with Gasteiger partial charge in [0.1, 0.15) is 11.3 Å². The van der Waals surface area contributed by atoms with E-state index in [1.54, 1.807) is 17.4 Å². The summed E-state index contributed by atoms with van der Waals surface area (Å²) in [6, 6.07) is 4.98. The summed E-state index contributed by atoms with van der Waals surface area (Å²) >= 11 is 12.9. The van der Waals surface area contributed by atoms with E-state index in [0.29, 0.717) is 40.9 Å². The molecule has 0 amide bonds. The van der Waals surface area contributed by atoms with E-state index in [0.717, 1.165) is 20.1 Å². The van der Waals surface area contributed by atoms with Gasteiger partial charge in [0.15, 0.2) is 0 Å². The van der Waals surface area contributed by atoms with Crippen molar-refractivity contribution < 1.29 is 22.7 Å². The molecule has 3 aromatic rings. The van der Waals surface area contributed by atoms with Crippen molar-refractivity contribution in [1.82, 2.24) is 4.98 Å². The molecule has 1 aliphatic rings. The first kappa shape index (κ1) is 23.7. The first-order valence-electron chi connectivity index (χ1n) is 9.73. The highest BCUT2D eigenvalue weighted by Crippen LogP contribution is 2.47. The molecule has 12 heteroatoms. The number of esters is 1. The molecule has 0 spiro atoms. The Morgan fingerprint density at radius 3 is 2.88 bits per heavy atom. The summed E-state index contributed by atoms with van der Waals surface area (Å²) in [7, 11) is 0. The first-order chi connectivity index (χ1) is 15.1. The topological polar surface area (TPSA) is 77.2 Å². The molecule has 3 heterocycles. The molecule has 3 atom stereocenters. The summed E-state index contributed by atoms with van der Waals surface area (Å²) in [5.41, 5.74) is 7.78. The fraction of sp³-hybridized carbons (Fsp3) is 0.400. The molecule has 172 valence electrons. The van der Waals surface area contributed by atoms with Crippen molar-refractivity contribution in [2.24, 2.45) is 5.73 Å². The van der Waals surface area contributed by atoms with Gasteiger partial charge in [-0.25, -0.2) is 9.78 Å². The van der Waals surface area contributed by atoms with Crippen molar-refractivity contribution in [3.63, 3.8) is 0 Å². The van der Waals surface area contributed by atoms with Gasteiger partial charge in [-0.3, -0.25) is 0 Å². The van der Waals surface area contributed by atoms with Crippen LogP contribution in [0.25, 0.3) is 10.2 Å². The molecule has 1 aliphatic carbocycles. The molecule has 0 aromatic carbocycles. The van der Waals surface area contributed by atoms with Crippen molar-refractivity contribution in [3.05, 3.63) is 43.0 Å². The lowest BCUT2D eigenvalue weighted by Gasteiger charge is -2.35. The summed E-state index contributed by atoms with van der Waals surface area (Å²) in [5.74, 6) is -2.49. The van der Waals surface area contributed by atoms with Gasteiger partial charge >= 0.3 is 12.1 Å². The minimum Gasteiger partial charge on any atom is -0.454 e. The molecule has 0 saturated heterocycles. The number of pyridine rings is 1. The van der Waals surface area contributed by atoms with Crippen molar-refractivity contribution >= 4 is 72.1 Å². The number of alkyl halides is 3. The molecule has 4 rings (SSSR count). The van der Waals surface area contributed by atoms with E-state index in [1.165, 1.54) is 11.3 Å². The predicted octanol–water partition coefficient (Wildman–Crippen LogP) is 6.45. The standard InChI is InChI=1S/C20H18BrClF3N3O2S2/c21-14-16-18(11(7-13(22)28-16)27-8-9-3-2-6-31-9)32-17(14)10-4-1-5-12(15(10)26)30-19(29)20(23,24)25/h2-3,6-7,10,12,15H,1,4-5,8,26H2,(H,27,28)/t10-,12+,15+/m1/s1. The summed E-state index contributed by atoms with van der Waals surface area (Å²) < 4.78 is 44.3. The maximum Gasteiger partial charge on any atom is 0.490 e. The maximum absolute atomic E-state index is 12.7. The van der Waals surface area contributed by atoms with Gasteiger partial charge in [0, 0.05) is 34.3 Å². The molecular formula is C20H18BrClF3N3O2S2. The maximum atomic E-state index is 12.7. The molecule has 3 aromatic heterocycles. The van der Waals surface area contributed by atoms with Crippen LogP contribution in [-0.4, -0.2) is 29.3 Å². The van der Waals surface area contributed by atoms with E-state index in [2.05, 4.69) is 26.2 Å². The normalized spacial score (nSPS) is 21.6. The van der Waals surface area contributed by atoms with Crippen LogP contribution in [0.2, 0.25) is 5.15 Å². The van der Waals surface area contributed by atoms with Gasteiger partial charge in [0.2, 0.25) is 0 Å². The minimum atomic E-state index is -5.05. The number of anilines is 1. The van der Waals surface area contributed by atoms with Gasteiger partial charge in [0.05, 0.1) is 20.4 Å². The average molecular weight is 569 g/mol. The number of hydrogen-bond donors (Lipinski definition) is 2. The molecular weight excluding hydrogens is 551 g/mol. The first-order valence-corrected chi connectivity index (χ1v) is 12.6. The Hall–Kier alpha value is -1.40. The molecule has 1 saturated carbocycles. The van der Waals surface area contributed by atoms with Crippen LogP contribution >= 0.6 is 50.2 Å². The van der Waals surface area contributed by atoms with Crippen LogP contribution in [0.15, 0.2) is 28.1 Å². The van der Waals surface area contributed by atoms with Crippen LogP contribution in [0.3, 0.4) is 0 Å². The van der Waals surface area contributed by atoms with Crippen LogP contribution in [0.4, 0.5) is 18.9 Å². The average Bonchev–Trinajstić information content (AvgIpc) is 3.36. The zero-order chi connectivity index (χ0) is 23.0. The number of fused-ring (bicyclic) bond motifs is 1. The number of hydrogen-bond acceptors (Lipinski definition) is 7. The van der Waals surface area contributed by atoms with E-state index < -0.39 is 24.3 Å². The third kappa shape index (κ3) is 4.91. The molecule has 0 radical (unpaired) electrons. The van der Waals surface area contributed by atoms with Gasteiger partial charge in [0.25, 0.3) is 0 Å². The van der Waals surface area contributed by atoms with E-state index in [4.69, 9.17) is 22.1 Å². The second kappa shape index (κ2) is 9.46. The highest BCUT2D eigenvalue weighted by Gasteiger charge is 2.45. The van der Waals surface area contributed by atoms with Crippen LogP contribution in [0.5, 0.6) is 0 Å². The zero-order valence-electron chi connectivity index (χ0n) is 16.4. The third-order valence-corrected chi connectivity index (χ3v) is 8.81. The van der Waals surface area contributed by atoms with E-state index in [-0.39, 0.29) is 5.92 Å². The molecule has 0 bridgehead atoms. The summed E-state index contributed by atoms with van der Waals surface area (Å²) in [6.45, 7) is 0.621. The van der Waals surface area contributed by atoms with E-state index in [9.17, 15) is 18.0 Å².